The van der Waals surface area contributed by atoms with E-state index in [2.05, 4.69) is 16.0 Å². The number of nitrogens with one attached hydrogen (secondary N) is 3. The molecule has 3 amide bonds. The molecule has 17 heavy (non-hydrogen) atoms. The second-order valence-electron chi connectivity index (χ2n) is 4.01. The van der Waals surface area contributed by atoms with Crippen LogP contribution < -0.4 is 16.0 Å². The average Bonchev–Trinajstić information content (AvgIpc) is 2.96. The van der Waals surface area contributed by atoms with Crippen molar-refractivity contribution < 1.29 is 9.59 Å². The van der Waals surface area contributed by atoms with E-state index in [9.17, 15) is 9.59 Å². The Morgan fingerprint density at radius 2 is 2.18 bits per heavy atom. The van der Waals surface area contributed by atoms with E-state index in [0.29, 0.717) is 12.6 Å². The molecule has 0 radical (unpaired) electrons. The minimum Gasteiger partial charge on any atom is -0.352 e. The Hall–Kier alpha value is -1.56. The van der Waals surface area contributed by atoms with Gasteiger partial charge in [0.15, 0.2) is 0 Å². The molecule has 0 saturated heterocycles. The molecular formula is C11H15N3O2S. The highest BCUT2D eigenvalue weighted by molar-refractivity contribution is 7.07. The lowest BCUT2D eigenvalue weighted by Crippen LogP contribution is -2.42. The number of urea groups is 1. The Morgan fingerprint density at radius 3 is 2.82 bits per heavy atom. The number of thiophene rings is 1. The van der Waals surface area contributed by atoms with Crippen molar-refractivity contribution in [2.75, 3.05) is 6.54 Å². The average molecular weight is 253 g/mol. The maximum Gasteiger partial charge on any atom is 0.315 e. The van der Waals surface area contributed by atoms with E-state index < -0.39 is 0 Å². The van der Waals surface area contributed by atoms with Gasteiger partial charge in [0.1, 0.15) is 0 Å². The van der Waals surface area contributed by atoms with Gasteiger partial charge in [-0.25, -0.2) is 4.79 Å². The molecule has 5 nitrogen and oxygen atoms in total. The van der Waals surface area contributed by atoms with Crippen LogP contribution in [0.4, 0.5) is 4.79 Å². The van der Waals surface area contributed by atoms with Crippen molar-refractivity contribution in [1.82, 2.24) is 16.0 Å². The van der Waals surface area contributed by atoms with Crippen molar-refractivity contribution in [2.24, 2.45) is 0 Å². The number of carbonyl (C=O) groups is 2. The van der Waals surface area contributed by atoms with Gasteiger partial charge in [0.05, 0.1) is 6.54 Å². The minimum absolute atomic E-state index is 0.0337. The van der Waals surface area contributed by atoms with Gasteiger partial charge >= 0.3 is 6.03 Å². The van der Waals surface area contributed by atoms with Gasteiger partial charge < -0.3 is 16.0 Å². The molecule has 1 aromatic heterocycles. The van der Waals surface area contributed by atoms with Crippen LogP contribution in [0.2, 0.25) is 0 Å². The summed E-state index contributed by atoms with van der Waals surface area (Å²) in [5.41, 5.74) is 1.06. The van der Waals surface area contributed by atoms with Gasteiger partial charge in [0.25, 0.3) is 0 Å². The summed E-state index contributed by atoms with van der Waals surface area (Å²) in [6, 6.07) is 1.96. The van der Waals surface area contributed by atoms with E-state index in [-0.39, 0.29) is 18.5 Å². The third-order valence-electron chi connectivity index (χ3n) is 2.39. The first-order chi connectivity index (χ1) is 8.24. The first-order valence-corrected chi connectivity index (χ1v) is 6.50. The smallest absolute Gasteiger partial charge is 0.315 e. The largest absolute Gasteiger partial charge is 0.352 e. The standard InChI is InChI=1S/C11H15N3O2S/c15-10(14-9-1-2-9)6-13-11(16)12-5-8-3-4-17-7-8/h3-4,7,9H,1-2,5-6H2,(H,14,15)(H2,12,13,16). The Labute approximate surface area is 104 Å². The van der Waals surface area contributed by atoms with Crippen LogP contribution in [0.5, 0.6) is 0 Å². The summed E-state index contributed by atoms with van der Waals surface area (Å²) in [5.74, 6) is -0.127. The normalized spacial score (nSPS) is 14.1. The number of hydrogen-bond donors (Lipinski definition) is 3. The summed E-state index contributed by atoms with van der Waals surface area (Å²) in [6.45, 7) is 0.519. The molecule has 0 atom stereocenters. The fourth-order valence-corrected chi connectivity index (χ4v) is 1.97. The molecular weight excluding hydrogens is 238 g/mol. The third-order valence-corrected chi connectivity index (χ3v) is 3.12. The molecule has 0 aromatic carbocycles. The summed E-state index contributed by atoms with van der Waals surface area (Å²) >= 11 is 1.59. The van der Waals surface area contributed by atoms with Gasteiger partial charge in [-0.05, 0) is 35.2 Å². The predicted molar refractivity (Wildman–Crippen MR) is 65.7 cm³/mol. The number of carbonyl (C=O) groups excluding carboxylic acids is 2. The number of amides is 3. The van der Waals surface area contributed by atoms with Gasteiger partial charge in [0.2, 0.25) is 5.91 Å². The molecule has 3 N–H and O–H groups in total. The van der Waals surface area contributed by atoms with Gasteiger partial charge in [-0.1, -0.05) is 0 Å². The van der Waals surface area contributed by atoms with Crippen molar-refractivity contribution in [3.63, 3.8) is 0 Å². The van der Waals surface area contributed by atoms with E-state index in [1.165, 1.54) is 0 Å². The van der Waals surface area contributed by atoms with Crippen molar-refractivity contribution in [1.29, 1.82) is 0 Å². The van der Waals surface area contributed by atoms with Crippen molar-refractivity contribution in [3.8, 4) is 0 Å². The van der Waals surface area contributed by atoms with Crippen LogP contribution >= 0.6 is 11.3 Å². The first kappa shape index (κ1) is 11.9. The van der Waals surface area contributed by atoms with Crippen LogP contribution in [-0.2, 0) is 11.3 Å². The van der Waals surface area contributed by atoms with Crippen LogP contribution in [0.25, 0.3) is 0 Å². The van der Waals surface area contributed by atoms with Gasteiger partial charge in [0, 0.05) is 12.6 Å². The molecule has 6 heteroatoms. The lowest BCUT2D eigenvalue weighted by atomic mass is 10.3. The van der Waals surface area contributed by atoms with Crippen LogP contribution in [-0.4, -0.2) is 24.5 Å². The Bertz CT molecular complexity index is 387. The van der Waals surface area contributed by atoms with E-state index in [4.69, 9.17) is 0 Å². The van der Waals surface area contributed by atoms with E-state index in [0.717, 1.165) is 18.4 Å². The van der Waals surface area contributed by atoms with E-state index in [1.807, 2.05) is 16.8 Å². The van der Waals surface area contributed by atoms with Gasteiger partial charge in [-0.15, -0.1) is 0 Å². The Morgan fingerprint density at radius 1 is 1.35 bits per heavy atom. The highest BCUT2D eigenvalue weighted by atomic mass is 32.1. The molecule has 1 fully saturated rings. The molecule has 2 rings (SSSR count). The van der Waals surface area contributed by atoms with Gasteiger partial charge in [-0.2, -0.15) is 11.3 Å². The number of hydrogen-bond acceptors (Lipinski definition) is 3. The Balaban J connectivity index is 1.58. The van der Waals surface area contributed by atoms with Crippen LogP contribution in [0.3, 0.4) is 0 Å². The maximum atomic E-state index is 11.3. The molecule has 1 aromatic rings. The fraction of sp³-hybridized carbons (Fsp3) is 0.455. The Kier molecular flexibility index (Phi) is 3.98. The molecule has 1 aliphatic carbocycles. The van der Waals surface area contributed by atoms with E-state index >= 15 is 0 Å². The van der Waals surface area contributed by atoms with Gasteiger partial charge in [-0.3, -0.25) is 4.79 Å². The monoisotopic (exact) mass is 253 g/mol. The molecule has 0 bridgehead atoms. The quantitative estimate of drug-likeness (QED) is 0.727. The summed E-state index contributed by atoms with van der Waals surface area (Å²) < 4.78 is 0. The lowest BCUT2D eigenvalue weighted by molar-refractivity contribution is -0.120. The molecule has 0 spiro atoms. The zero-order valence-electron chi connectivity index (χ0n) is 9.36. The highest BCUT2D eigenvalue weighted by Crippen LogP contribution is 2.18. The molecule has 0 aliphatic heterocycles. The highest BCUT2D eigenvalue weighted by Gasteiger charge is 2.23. The van der Waals surface area contributed by atoms with Crippen molar-refractivity contribution in [3.05, 3.63) is 22.4 Å². The first-order valence-electron chi connectivity index (χ1n) is 5.56. The van der Waals surface area contributed by atoms with E-state index in [1.54, 1.807) is 11.3 Å². The predicted octanol–water partition coefficient (Wildman–Crippen LogP) is 0.826. The summed E-state index contributed by atoms with van der Waals surface area (Å²) in [6.07, 6.45) is 2.10. The zero-order chi connectivity index (χ0) is 12.1. The second-order valence-corrected chi connectivity index (χ2v) is 4.79. The summed E-state index contributed by atoms with van der Waals surface area (Å²) in [5, 5.41) is 11.9. The molecule has 92 valence electrons. The zero-order valence-corrected chi connectivity index (χ0v) is 10.2. The summed E-state index contributed by atoms with van der Waals surface area (Å²) in [7, 11) is 0. The molecule has 1 heterocycles. The lowest BCUT2D eigenvalue weighted by Gasteiger charge is -2.07. The van der Waals surface area contributed by atoms with Crippen LogP contribution in [0, 0.1) is 0 Å². The third kappa shape index (κ3) is 4.44. The fourth-order valence-electron chi connectivity index (χ4n) is 1.31. The van der Waals surface area contributed by atoms with Crippen LogP contribution in [0.15, 0.2) is 16.8 Å². The molecule has 0 unspecified atom stereocenters. The number of rotatable bonds is 5. The van der Waals surface area contributed by atoms with Crippen LogP contribution in [0.1, 0.15) is 18.4 Å². The van der Waals surface area contributed by atoms with Crippen molar-refractivity contribution >= 4 is 23.3 Å². The molecule has 1 aliphatic rings. The topological polar surface area (TPSA) is 70.2 Å². The minimum atomic E-state index is -0.317. The molecule has 1 saturated carbocycles. The van der Waals surface area contributed by atoms with Crippen molar-refractivity contribution in [2.45, 2.75) is 25.4 Å². The maximum absolute atomic E-state index is 11.3. The SMILES string of the molecule is O=C(CNC(=O)NCc1ccsc1)NC1CC1. The summed E-state index contributed by atoms with van der Waals surface area (Å²) in [4.78, 5) is 22.6. The second kappa shape index (κ2) is 5.67.